The summed E-state index contributed by atoms with van der Waals surface area (Å²) in [6.07, 6.45) is 2.32. The maximum absolute atomic E-state index is 13.3. The molecular weight excluding hydrogens is 499 g/mol. The predicted octanol–water partition coefficient (Wildman–Crippen LogP) is 7.24. The Morgan fingerprint density at radius 1 is 1.00 bits per heavy atom. The van der Waals surface area contributed by atoms with Gasteiger partial charge in [0.25, 0.3) is 0 Å². The van der Waals surface area contributed by atoms with E-state index in [-0.39, 0.29) is 24.4 Å². The van der Waals surface area contributed by atoms with Crippen molar-refractivity contribution in [2.75, 3.05) is 5.75 Å². The Bertz CT molecular complexity index is 904. The third-order valence-electron chi connectivity index (χ3n) is 5.39. The molecule has 180 valence electrons. The van der Waals surface area contributed by atoms with Gasteiger partial charge in [0.15, 0.2) is 0 Å². The SMILES string of the molecule is CC[C@H](C)NC(=O)[C@H](CC)N(Cc1c(Cl)cccc1Cl)C(=O)CCCSc1ccc(Cl)cc1. The molecule has 2 amide bonds. The zero-order valence-electron chi connectivity index (χ0n) is 19.2. The number of nitrogens with zero attached hydrogens (tertiary/aromatic N) is 1. The van der Waals surface area contributed by atoms with E-state index in [1.54, 1.807) is 34.9 Å². The van der Waals surface area contributed by atoms with Gasteiger partial charge in [-0.2, -0.15) is 0 Å². The van der Waals surface area contributed by atoms with Gasteiger partial charge in [0.1, 0.15) is 6.04 Å². The number of benzene rings is 2. The standard InChI is InChI=1S/C25H31Cl3N2O2S/c1-4-17(3)29-25(32)23(5-2)30(16-20-21(27)8-6-9-22(20)28)24(31)10-7-15-33-19-13-11-18(26)12-14-19/h6,8-9,11-14,17,23H,4-5,7,10,15-16H2,1-3H3,(H,29,32)/t17-,23-/m0/s1. The van der Waals surface area contributed by atoms with Gasteiger partial charge in [0.2, 0.25) is 11.8 Å². The molecule has 0 unspecified atom stereocenters. The first kappa shape index (κ1) is 27.8. The minimum Gasteiger partial charge on any atom is -0.352 e. The highest BCUT2D eigenvalue weighted by Crippen LogP contribution is 2.28. The van der Waals surface area contributed by atoms with Gasteiger partial charge < -0.3 is 10.2 Å². The molecule has 0 aliphatic heterocycles. The molecule has 2 aromatic rings. The van der Waals surface area contributed by atoms with Crippen molar-refractivity contribution in [3.05, 3.63) is 63.1 Å². The number of amides is 2. The summed E-state index contributed by atoms with van der Waals surface area (Å²) in [5.41, 5.74) is 0.652. The molecule has 33 heavy (non-hydrogen) atoms. The largest absolute Gasteiger partial charge is 0.352 e. The van der Waals surface area contributed by atoms with Gasteiger partial charge in [0, 0.05) is 44.5 Å². The number of carbonyl (C=O) groups is 2. The molecular formula is C25H31Cl3N2O2S. The van der Waals surface area contributed by atoms with Crippen molar-refractivity contribution in [3.63, 3.8) is 0 Å². The number of hydrogen-bond acceptors (Lipinski definition) is 3. The predicted molar refractivity (Wildman–Crippen MR) is 140 cm³/mol. The average Bonchev–Trinajstić information content (AvgIpc) is 2.79. The third kappa shape index (κ3) is 8.71. The highest BCUT2D eigenvalue weighted by molar-refractivity contribution is 7.99. The molecule has 0 saturated carbocycles. The number of thioether (sulfide) groups is 1. The molecule has 0 radical (unpaired) electrons. The van der Waals surface area contributed by atoms with Crippen LogP contribution in [0.1, 0.15) is 52.0 Å². The lowest BCUT2D eigenvalue weighted by atomic mass is 10.1. The van der Waals surface area contributed by atoms with Crippen molar-refractivity contribution in [1.29, 1.82) is 0 Å². The van der Waals surface area contributed by atoms with Crippen LogP contribution in [0, 0.1) is 0 Å². The molecule has 2 atom stereocenters. The van der Waals surface area contributed by atoms with E-state index >= 15 is 0 Å². The summed E-state index contributed by atoms with van der Waals surface area (Å²) in [6.45, 7) is 6.06. The molecule has 0 saturated heterocycles. The minimum absolute atomic E-state index is 0.0307. The summed E-state index contributed by atoms with van der Waals surface area (Å²) < 4.78 is 0. The van der Waals surface area contributed by atoms with Crippen LogP contribution in [0.25, 0.3) is 0 Å². The highest BCUT2D eigenvalue weighted by Gasteiger charge is 2.29. The smallest absolute Gasteiger partial charge is 0.243 e. The molecule has 0 aliphatic rings. The molecule has 2 aromatic carbocycles. The van der Waals surface area contributed by atoms with Crippen LogP contribution in [0.5, 0.6) is 0 Å². The van der Waals surface area contributed by atoms with Crippen molar-refractivity contribution >= 4 is 58.4 Å². The fourth-order valence-electron chi connectivity index (χ4n) is 3.30. The number of halogens is 3. The first-order valence-electron chi connectivity index (χ1n) is 11.2. The number of nitrogens with one attached hydrogen (secondary N) is 1. The lowest BCUT2D eigenvalue weighted by Gasteiger charge is -2.32. The average molecular weight is 530 g/mol. The summed E-state index contributed by atoms with van der Waals surface area (Å²) in [7, 11) is 0. The van der Waals surface area contributed by atoms with Crippen molar-refractivity contribution in [3.8, 4) is 0 Å². The van der Waals surface area contributed by atoms with Gasteiger partial charge in [-0.15, -0.1) is 11.8 Å². The normalized spacial score (nSPS) is 12.8. The molecule has 4 nitrogen and oxygen atoms in total. The fraction of sp³-hybridized carbons (Fsp3) is 0.440. The summed E-state index contributed by atoms with van der Waals surface area (Å²) >= 11 is 20.4. The van der Waals surface area contributed by atoms with E-state index in [0.29, 0.717) is 39.9 Å². The number of carbonyl (C=O) groups excluding carboxylic acids is 2. The summed E-state index contributed by atoms with van der Waals surface area (Å²) in [4.78, 5) is 29.1. The van der Waals surface area contributed by atoms with Crippen molar-refractivity contribution < 1.29 is 9.59 Å². The second-order valence-electron chi connectivity index (χ2n) is 7.87. The maximum atomic E-state index is 13.3. The summed E-state index contributed by atoms with van der Waals surface area (Å²) in [6, 6.07) is 12.3. The Morgan fingerprint density at radius 3 is 2.21 bits per heavy atom. The molecule has 8 heteroatoms. The van der Waals surface area contributed by atoms with Crippen LogP contribution in [0.2, 0.25) is 15.1 Å². The van der Waals surface area contributed by atoms with Crippen LogP contribution in [-0.2, 0) is 16.1 Å². The van der Waals surface area contributed by atoms with Crippen LogP contribution >= 0.6 is 46.6 Å². The Balaban J connectivity index is 2.13. The highest BCUT2D eigenvalue weighted by atomic mass is 35.5. The van der Waals surface area contributed by atoms with E-state index in [0.717, 1.165) is 17.1 Å². The number of rotatable bonds is 12. The lowest BCUT2D eigenvalue weighted by Crippen LogP contribution is -2.50. The molecule has 0 aliphatic carbocycles. The molecule has 1 N–H and O–H groups in total. The van der Waals surface area contributed by atoms with E-state index in [1.807, 2.05) is 45.0 Å². The molecule has 0 fully saturated rings. The van der Waals surface area contributed by atoms with Gasteiger partial charge in [-0.05, 0) is 68.3 Å². The second kappa shape index (κ2) is 14.1. The Labute approximate surface area is 216 Å². The summed E-state index contributed by atoms with van der Waals surface area (Å²) in [5.74, 6) is 0.539. The molecule has 0 spiro atoms. The maximum Gasteiger partial charge on any atom is 0.243 e. The van der Waals surface area contributed by atoms with Crippen molar-refractivity contribution in [1.82, 2.24) is 10.2 Å². The molecule has 0 aromatic heterocycles. The van der Waals surface area contributed by atoms with Crippen LogP contribution in [0.3, 0.4) is 0 Å². The monoisotopic (exact) mass is 528 g/mol. The topological polar surface area (TPSA) is 49.4 Å². The molecule has 2 rings (SSSR count). The van der Waals surface area contributed by atoms with Crippen LogP contribution in [0.15, 0.2) is 47.4 Å². The zero-order chi connectivity index (χ0) is 24.4. The molecule has 0 bridgehead atoms. The van der Waals surface area contributed by atoms with Crippen LogP contribution in [0.4, 0.5) is 0 Å². The van der Waals surface area contributed by atoms with Crippen LogP contribution in [-0.4, -0.2) is 34.6 Å². The lowest BCUT2D eigenvalue weighted by molar-refractivity contribution is -0.141. The first-order valence-corrected chi connectivity index (χ1v) is 13.3. The minimum atomic E-state index is -0.595. The van der Waals surface area contributed by atoms with Crippen LogP contribution < -0.4 is 5.32 Å². The van der Waals surface area contributed by atoms with E-state index < -0.39 is 6.04 Å². The van der Waals surface area contributed by atoms with E-state index in [2.05, 4.69) is 5.32 Å². The summed E-state index contributed by atoms with van der Waals surface area (Å²) in [5, 5.41) is 4.67. The quantitative estimate of drug-likeness (QED) is 0.233. The van der Waals surface area contributed by atoms with Gasteiger partial charge in [-0.25, -0.2) is 0 Å². The Hall–Kier alpha value is -1.40. The van der Waals surface area contributed by atoms with Gasteiger partial charge >= 0.3 is 0 Å². The Kier molecular flexibility index (Phi) is 11.9. The van der Waals surface area contributed by atoms with Gasteiger partial charge in [-0.3, -0.25) is 9.59 Å². The fourth-order valence-corrected chi connectivity index (χ4v) is 4.80. The van der Waals surface area contributed by atoms with E-state index in [4.69, 9.17) is 34.8 Å². The van der Waals surface area contributed by atoms with E-state index in [1.165, 1.54) is 0 Å². The van der Waals surface area contributed by atoms with Gasteiger partial charge in [0.05, 0.1) is 0 Å². The molecule has 0 heterocycles. The first-order chi connectivity index (χ1) is 15.8. The third-order valence-corrected chi connectivity index (χ3v) is 7.45. The van der Waals surface area contributed by atoms with Crippen molar-refractivity contribution in [2.45, 2.75) is 70.0 Å². The Morgan fingerprint density at radius 2 is 1.64 bits per heavy atom. The van der Waals surface area contributed by atoms with Gasteiger partial charge in [-0.1, -0.05) is 54.7 Å². The van der Waals surface area contributed by atoms with E-state index in [9.17, 15) is 9.59 Å². The zero-order valence-corrected chi connectivity index (χ0v) is 22.3. The van der Waals surface area contributed by atoms with Crippen molar-refractivity contribution in [2.24, 2.45) is 0 Å². The second-order valence-corrected chi connectivity index (χ2v) is 10.3. The number of hydrogen-bond donors (Lipinski definition) is 1.